The molecule has 0 atom stereocenters. The highest BCUT2D eigenvalue weighted by molar-refractivity contribution is 5.91. The first-order valence-corrected chi connectivity index (χ1v) is 5.70. The highest BCUT2D eigenvalue weighted by Crippen LogP contribution is 2.27. The molecule has 19 heavy (non-hydrogen) atoms. The molecule has 0 bridgehead atoms. The van der Waals surface area contributed by atoms with Crippen LogP contribution in [0.2, 0.25) is 0 Å². The van der Waals surface area contributed by atoms with Crippen LogP contribution in [0.15, 0.2) is 30.3 Å². The molecule has 2 rings (SSSR count). The smallest absolute Gasteiger partial charge is 0.335 e. The van der Waals surface area contributed by atoms with Gasteiger partial charge in [-0.1, -0.05) is 12.1 Å². The minimum absolute atomic E-state index is 0.0607. The molecule has 0 heterocycles. The SMILES string of the molecule is Cc1cc(F)c(-c2ccc(C)c(C(=O)O)c2)cc1F. The average Bonchev–Trinajstić information content (AvgIpc) is 2.34. The van der Waals surface area contributed by atoms with Crippen molar-refractivity contribution in [2.75, 3.05) is 0 Å². The molecule has 0 radical (unpaired) electrons. The Kier molecular flexibility index (Phi) is 3.34. The van der Waals surface area contributed by atoms with Crippen LogP contribution in [0.3, 0.4) is 0 Å². The first kappa shape index (κ1) is 13.2. The van der Waals surface area contributed by atoms with Crippen molar-refractivity contribution in [3.63, 3.8) is 0 Å². The van der Waals surface area contributed by atoms with Crippen LogP contribution in [0.5, 0.6) is 0 Å². The fourth-order valence-electron chi connectivity index (χ4n) is 1.89. The Balaban J connectivity index is 2.63. The molecule has 4 heteroatoms. The Morgan fingerprint density at radius 3 is 2.32 bits per heavy atom. The highest BCUT2D eigenvalue weighted by atomic mass is 19.1. The van der Waals surface area contributed by atoms with E-state index in [1.807, 2.05) is 0 Å². The van der Waals surface area contributed by atoms with Gasteiger partial charge in [-0.15, -0.1) is 0 Å². The lowest BCUT2D eigenvalue weighted by Gasteiger charge is -2.08. The number of hydrogen-bond donors (Lipinski definition) is 1. The minimum atomic E-state index is -1.09. The van der Waals surface area contributed by atoms with Crippen LogP contribution in [0.4, 0.5) is 8.78 Å². The molecule has 0 saturated carbocycles. The number of rotatable bonds is 2. The van der Waals surface area contributed by atoms with E-state index < -0.39 is 17.6 Å². The predicted octanol–water partition coefficient (Wildman–Crippen LogP) is 3.95. The number of aryl methyl sites for hydroxylation is 2. The maximum absolute atomic E-state index is 13.8. The second kappa shape index (κ2) is 4.80. The standard InChI is InChI=1S/C15H12F2O2/c1-8-3-4-10(6-11(8)15(18)19)12-7-13(16)9(2)5-14(12)17/h3-7H,1-2H3,(H,18,19). The number of carbonyl (C=O) groups is 1. The average molecular weight is 262 g/mol. The molecular formula is C15H12F2O2. The number of carboxylic acids is 1. The van der Waals surface area contributed by atoms with Gasteiger partial charge in [0.2, 0.25) is 0 Å². The summed E-state index contributed by atoms with van der Waals surface area (Å²) in [6, 6.07) is 6.70. The molecule has 0 aliphatic rings. The molecule has 0 unspecified atom stereocenters. The van der Waals surface area contributed by atoms with Gasteiger partial charge in [-0.25, -0.2) is 13.6 Å². The van der Waals surface area contributed by atoms with E-state index in [2.05, 4.69) is 0 Å². The molecule has 2 aromatic rings. The molecule has 1 N–H and O–H groups in total. The van der Waals surface area contributed by atoms with Gasteiger partial charge in [0, 0.05) is 5.56 Å². The summed E-state index contributed by atoms with van der Waals surface area (Å²) in [5.41, 5.74) is 1.28. The molecule has 0 aliphatic heterocycles. The summed E-state index contributed by atoms with van der Waals surface area (Å²) < 4.78 is 27.3. The second-order valence-electron chi connectivity index (χ2n) is 4.42. The third kappa shape index (κ3) is 2.47. The molecule has 0 spiro atoms. The van der Waals surface area contributed by atoms with Gasteiger partial charge in [-0.05, 0) is 48.7 Å². The van der Waals surface area contributed by atoms with Crippen LogP contribution in [0.25, 0.3) is 11.1 Å². The van der Waals surface area contributed by atoms with Crippen molar-refractivity contribution in [1.82, 2.24) is 0 Å². The molecule has 2 aromatic carbocycles. The van der Waals surface area contributed by atoms with E-state index in [4.69, 9.17) is 5.11 Å². The van der Waals surface area contributed by atoms with Gasteiger partial charge in [-0.3, -0.25) is 0 Å². The van der Waals surface area contributed by atoms with Gasteiger partial charge in [0.1, 0.15) is 11.6 Å². The van der Waals surface area contributed by atoms with Crippen molar-refractivity contribution < 1.29 is 18.7 Å². The lowest BCUT2D eigenvalue weighted by molar-refractivity contribution is 0.0696. The van der Waals surface area contributed by atoms with Crippen molar-refractivity contribution in [3.05, 3.63) is 58.7 Å². The summed E-state index contributed by atoms with van der Waals surface area (Å²) in [5.74, 6) is -2.18. The molecular weight excluding hydrogens is 250 g/mol. The zero-order valence-corrected chi connectivity index (χ0v) is 10.5. The molecule has 0 amide bonds. The van der Waals surface area contributed by atoms with E-state index in [9.17, 15) is 13.6 Å². The van der Waals surface area contributed by atoms with E-state index >= 15 is 0 Å². The normalized spacial score (nSPS) is 10.5. The van der Waals surface area contributed by atoms with E-state index in [1.54, 1.807) is 19.1 Å². The fraction of sp³-hybridized carbons (Fsp3) is 0.133. The number of benzene rings is 2. The van der Waals surface area contributed by atoms with Crippen molar-refractivity contribution in [2.24, 2.45) is 0 Å². The Morgan fingerprint density at radius 2 is 1.68 bits per heavy atom. The maximum atomic E-state index is 13.8. The molecule has 0 aliphatic carbocycles. The Bertz CT molecular complexity index is 663. The number of hydrogen-bond acceptors (Lipinski definition) is 1. The summed E-state index contributed by atoms with van der Waals surface area (Å²) in [5, 5.41) is 9.04. The second-order valence-corrected chi connectivity index (χ2v) is 4.42. The first-order valence-electron chi connectivity index (χ1n) is 5.70. The van der Waals surface area contributed by atoms with Crippen molar-refractivity contribution in [1.29, 1.82) is 0 Å². The summed E-state index contributed by atoms with van der Waals surface area (Å²) in [6.45, 7) is 3.12. The maximum Gasteiger partial charge on any atom is 0.335 e. The summed E-state index contributed by atoms with van der Waals surface area (Å²) in [4.78, 5) is 11.0. The van der Waals surface area contributed by atoms with E-state index in [0.717, 1.165) is 12.1 Å². The van der Waals surface area contributed by atoms with Crippen LogP contribution in [-0.2, 0) is 0 Å². The van der Waals surface area contributed by atoms with Gasteiger partial charge >= 0.3 is 5.97 Å². The van der Waals surface area contributed by atoms with Gasteiger partial charge in [0.15, 0.2) is 0 Å². The largest absolute Gasteiger partial charge is 0.478 e. The topological polar surface area (TPSA) is 37.3 Å². The fourth-order valence-corrected chi connectivity index (χ4v) is 1.89. The zero-order valence-electron chi connectivity index (χ0n) is 10.5. The van der Waals surface area contributed by atoms with Crippen LogP contribution in [0, 0.1) is 25.5 Å². The Morgan fingerprint density at radius 1 is 1.00 bits per heavy atom. The van der Waals surface area contributed by atoms with Crippen molar-refractivity contribution in [3.8, 4) is 11.1 Å². The van der Waals surface area contributed by atoms with E-state index in [0.29, 0.717) is 11.1 Å². The van der Waals surface area contributed by atoms with Gasteiger partial charge in [0.25, 0.3) is 0 Å². The van der Waals surface area contributed by atoms with Gasteiger partial charge in [0.05, 0.1) is 5.56 Å². The lowest BCUT2D eigenvalue weighted by atomic mass is 9.98. The summed E-state index contributed by atoms with van der Waals surface area (Å²) >= 11 is 0. The first-order chi connectivity index (χ1) is 8.90. The van der Waals surface area contributed by atoms with Crippen molar-refractivity contribution >= 4 is 5.97 Å². The Hall–Kier alpha value is -2.23. The molecule has 0 aromatic heterocycles. The number of carboxylic acid groups (broad SMARTS) is 1. The minimum Gasteiger partial charge on any atom is -0.478 e. The van der Waals surface area contributed by atoms with E-state index in [-0.39, 0.29) is 16.7 Å². The molecule has 0 fully saturated rings. The van der Waals surface area contributed by atoms with Crippen LogP contribution >= 0.6 is 0 Å². The van der Waals surface area contributed by atoms with Crippen LogP contribution < -0.4 is 0 Å². The third-order valence-corrected chi connectivity index (χ3v) is 3.03. The predicted molar refractivity (Wildman–Crippen MR) is 68.2 cm³/mol. The molecule has 2 nitrogen and oxygen atoms in total. The molecule has 0 saturated heterocycles. The van der Waals surface area contributed by atoms with Gasteiger partial charge in [-0.2, -0.15) is 0 Å². The highest BCUT2D eigenvalue weighted by Gasteiger charge is 2.13. The zero-order chi connectivity index (χ0) is 14.2. The number of aromatic carboxylic acids is 1. The molecule has 98 valence electrons. The third-order valence-electron chi connectivity index (χ3n) is 3.03. The quantitative estimate of drug-likeness (QED) is 0.889. The number of halogens is 2. The Labute approximate surface area is 109 Å². The van der Waals surface area contributed by atoms with Gasteiger partial charge < -0.3 is 5.11 Å². The van der Waals surface area contributed by atoms with E-state index in [1.165, 1.54) is 13.0 Å². The van der Waals surface area contributed by atoms with Crippen LogP contribution in [-0.4, -0.2) is 11.1 Å². The van der Waals surface area contributed by atoms with Crippen LogP contribution in [0.1, 0.15) is 21.5 Å². The summed E-state index contributed by atoms with van der Waals surface area (Å²) in [6.07, 6.45) is 0. The lowest BCUT2D eigenvalue weighted by Crippen LogP contribution is -2.00. The van der Waals surface area contributed by atoms with Crippen molar-refractivity contribution in [2.45, 2.75) is 13.8 Å². The monoisotopic (exact) mass is 262 g/mol. The summed E-state index contributed by atoms with van der Waals surface area (Å²) in [7, 11) is 0.